The zero-order chi connectivity index (χ0) is 14.1. The Balaban J connectivity index is 1.98. The van der Waals surface area contributed by atoms with Gasteiger partial charge in [0.1, 0.15) is 11.7 Å². The molecule has 1 aromatic heterocycles. The molecule has 1 aliphatic rings. The van der Waals surface area contributed by atoms with Crippen molar-refractivity contribution in [1.82, 2.24) is 15.2 Å². The van der Waals surface area contributed by atoms with E-state index in [9.17, 15) is 14.9 Å². The van der Waals surface area contributed by atoms with Gasteiger partial charge < -0.3 is 0 Å². The van der Waals surface area contributed by atoms with Gasteiger partial charge in [-0.25, -0.2) is 5.10 Å². The summed E-state index contributed by atoms with van der Waals surface area (Å²) in [5.41, 5.74) is 0.686. The quantitative estimate of drug-likeness (QED) is 0.678. The third-order valence-corrected chi connectivity index (χ3v) is 4.08. The topological polar surface area (TPSA) is 105 Å². The van der Waals surface area contributed by atoms with Gasteiger partial charge >= 0.3 is 0 Å². The normalized spacial score (nSPS) is 18.5. The highest BCUT2D eigenvalue weighted by atomic mass is 32.2. The Hall–Kier alpha value is -2.42. The number of hydrogen-bond donors (Lipinski definition) is 1. The summed E-state index contributed by atoms with van der Waals surface area (Å²) >= 11 is 1.40. The lowest BCUT2D eigenvalue weighted by Gasteiger charge is -2.20. The largest absolute Gasteiger partial charge is 0.273 e. The van der Waals surface area contributed by atoms with Crippen molar-refractivity contribution in [2.75, 3.05) is 10.7 Å². The Kier molecular flexibility index (Phi) is 3.11. The van der Waals surface area contributed by atoms with E-state index in [0.29, 0.717) is 17.3 Å². The molecule has 8 nitrogen and oxygen atoms in total. The molecule has 0 radical (unpaired) electrons. The Morgan fingerprint density at radius 3 is 3.05 bits per heavy atom. The van der Waals surface area contributed by atoms with Crippen LogP contribution in [0.5, 0.6) is 0 Å². The number of amides is 1. The van der Waals surface area contributed by atoms with Crippen LogP contribution in [0.15, 0.2) is 30.6 Å². The van der Waals surface area contributed by atoms with Gasteiger partial charge in [0.05, 0.1) is 10.7 Å². The number of H-pyrrole nitrogens is 1. The summed E-state index contributed by atoms with van der Waals surface area (Å²) in [5, 5.41) is 16.9. The molecule has 1 N–H and O–H groups in total. The molecule has 1 fully saturated rings. The Morgan fingerprint density at radius 2 is 2.35 bits per heavy atom. The Morgan fingerprint density at radius 1 is 1.50 bits per heavy atom. The van der Waals surface area contributed by atoms with Gasteiger partial charge in [-0.3, -0.25) is 19.8 Å². The molecule has 1 aliphatic heterocycles. The van der Waals surface area contributed by atoms with Crippen LogP contribution in [0.3, 0.4) is 0 Å². The molecule has 0 bridgehead atoms. The van der Waals surface area contributed by atoms with E-state index in [2.05, 4.69) is 15.2 Å². The summed E-state index contributed by atoms with van der Waals surface area (Å²) < 4.78 is 0. The number of non-ortho nitro benzene ring substituents is 1. The fourth-order valence-electron chi connectivity index (χ4n) is 2.01. The van der Waals surface area contributed by atoms with Crippen molar-refractivity contribution in [2.24, 2.45) is 0 Å². The number of benzene rings is 1. The molecule has 2 aromatic rings. The highest BCUT2D eigenvalue weighted by Crippen LogP contribution is 2.40. The number of nitro benzene ring substituents is 1. The molecule has 1 amide bonds. The number of carbonyl (C=O) groups excluding carboxylic acids is 1. The van der Waals surface area contributed by atoms with E-state index >= 15 is 0 Å². The molecular formula is C11H9N5O3S. The highest BCUT2D eigenvalue weighted by Gasteiger charge is 2.36. The number of nitrogens with one attached hydrogen (secondary N) is 1. The number of hydrogen-bond acceptors (Lipinski definition) is 6. The molecule has 0 spiro atoms. The predicted octanol–water partition coefficient (Wildman–Crippen LogP) is 1.49. The van der Waals surface area contributed by atoms with E-state index in [0.717, 1.165) is 0 Å². The second kappa shape index (κ2) is 4.93. The van der Waals surface area contributed by atoms with Crippen LogP contribution in [0, 0.1) is 10.1 Å². The molecule has 1 aromatic carbocycles. The highest BCUT2D eigenvalue weighted by molar-refractivity contribution is 8.00. The van der Waals surface area contributed by atoms with E-state index in [1.165, 1.54) is 35.1 Å². The van der Waals surface area contributed by atoms with E-state index in [4.69, 9.17) is 0 Å². The average Bonchev–Trinajstić information content (AvgIpc) is 3.07. The summed E-state index contributed by atoms with van der Waals surface area (Å²) in [6.45, 7) is 0. The van der Waals surface area contributed by atoms with Gasteiger partial charge in [-0.2, -0.15) is 10.1 Å². The standard InChI is InChI=1S/C11H9N5O3S/c17-9-5-20-10(15(9)11-12-6-13-14-11)7-2-1-3-8(4-7)16(18)19/h1-4,6,10H,5H2,(H,12,13,14). The lowest BCUT2D eigenvalue weighted by atomic mass is 10.2. The summed E-state index contributed by atoms with van der Waals surface area (Å²) in [4.78, 5) is 27.8. The minimum absolute atomic E-state index is 0.0000288. The van der Waals surface area contributed by atoms with Crippen LogP contribution in [0.2, 0.25) is 0 Å². The molecule has 1 unspecified atom stereocenters. The number of nitro groups is 1. The van der Waals surface area contributed by atoms with Crippen LogP contribution in [-0.4, -0.2) is 31.8 Å². The maximum absolute atomic E-state index is 12.0. The third-order valence-electron chi connectivity index (χ3n) is 2.86. The summed E-state index contributed by atoms with van der Waals surface area (Å²) in [5.74, 6) is 0.536. The van der Waals surface area contributed by atoms with Crippen LogP contribution in [0.25, 0.3) is 0 Å². The van der Waals surface area contributed by atoms with Crippen molar-refractivity contribution in [3.8, 4) is 0 Å². The third kappa shape index (κ3) is 2.11. The van der Waals surface area contributed by atoms with Gasteiger partial charge in [0, 0.05) is 12.1 Å². The second-order valence-corrected chi connectivity index (χ2v) is 5.16. The monoisotopic (exact) mass is 291 g/mol. The fourth-order valence-corrected chi connectivity index (χ4v) is 3.15. The molecule has 9 heteroatoms. The lowest BCUT2D eigenvalue weighted by Crippen LogP contribution is -2.28. The molecule has 1 atom stereocenters. The van der Waals surface area contributed by atoms with Gasteiger partial charge in [0.15, 0.2) is 0 Å². The number of aromatic amines is 1. The van der Waals surface area contributed by atoms with Crippen LogP contribution < -0.4 is 4.90 Å². The zero-order valence-electron chi connectivity index (χ0n) is 10.1. The SMILES string of the molecule is O=C1CSC(c2cccc([N+](=O)[O-])c2)N1c1ncn[nH]1. The number of rotatable bonds is 3. The first kappa shape index (κ1) is 12.6. The van der Waals surface area contributed by atoms with Crippen molar-refractivity contribution < 1.29 is 9.72 Å². The van der Waals surface area contributed by atoms with E-state index in [1.807, 2.05) is 0 Å². The lowest BCUT2D eigenvalue weighted by molar-refractivity contribution is -0.384. The average molecular weight is 291 g/mol. The van der Waals surface area contributed by atoms with Crippen molar-refractivity contribution in [2.45, 2.75) is 5.37 Å². The molecule has 102 valence electrons. The van der Waals surface area contributed by atoms with Crippen LogP contribution in [-0.2, 0) is 4.79 Å². The first-order valence-electron chi connectivity index (χ1n) is 5.70. The number of aromatic nitrogens is 3. The predicted molar refractivity (Wildman–Crippen MR) is 72.2 cm³/mol. The fraction of sp³-hybridized carbons (Fsp3) is 0.182. The van der Waals surface area contributed by atoms with Crippen molar-refractivity contribution in [3.63, 3.8) is 0 Å². The molecular weight excluding hydrogens is 282 g/mol. The van der Waals surface area contributed by atoms with Crippen molar-refractivity contribution >= 4 is 29.3 Å². The maximum atomic E-state index is 12.0. The van der Waals surface area contributed by atoms with E-state index < -0.39 is 4.92 Å². The van der Waals surface area contributed by atoms with Gasteiger partial charge in [-0.05, 0) is 5.56 Å². The molecule has 1 saturated heterocycles. The first-order valence-corrected chi connectivity index (χ1v) is 6.75. The number of anilines is 1. The smallest absolute Gasteiger partial charge is 0.269 e. The molecule has 0 saturated carbocycles. The maximum Gasteiger partial charge on any atom is 0.269 e. The van der Waals surface area contributed by atoms with Gasteiger partial charge in [0.2, 0.25) is 11.9 Å². The first-order chi connectivity index (χ1) is 9.66. The van der Waals surface area contributed by atoms with E-state index in [1.54, 1.807) is 12.1 Å². The zero-order valence-corrected chi connectivity index (χ0v) is 10.9. The van der Waals surface area contributed by atoms with E-state index in [-0.39, 0.29) is 17.0 Å². The summed E-state index contributed by atoms with van der Waals surface area (Å²) in [6.07, 6.45) is 1.32. The molecule has 20 heavy (non-hydrogen) atoms. The number of thioether (sulfide) groups is 1. The Bertz CT molecular complexity index is 660. The van der Waals surface area contributed by atoms with Crippen LogP contribution >= 0.6 is 11.8 Å². The summed E-state index contributed by atoms with van der Waals surface area (Å²) in [7, 11) is 0. The van der Waals surface area contributed by atoms with Crippen LogP contribution in [0.4, 0.5) is 11.6 Å². The molecule has 2 heterocycles. The van der Waals surface area contributed by atoms with Gasteiger partial charge in [-0.1, -0.05) is 12.1 Å². The minimum Gasteiger partial charge on any atom is -0.273 e. The molecule has 0 aliphatic carbocycles. The Labute approximate surface area is 117 Å². The number of nitrogens with zero attached hydrogens (tertiary/aromatic N) is 4. The van der Waals surface area contributed by atoms with Gasteiger partial charge in [-0.15, -0.1) is 11.8 Å². The second-order valence-electron chi connectivity index (χ2n) is 4.09. The van der Waals surface area contributed by atoms with Crippen molar-refractivity contribution in [1.29, 1.82) is 0 Å². The van der Waals surface area contributed by atoms with Crippen molar-refractivity contribution in [3.05, 3.63) is 46.3 Å². The minimum atomic E-state index is -0.455. The summed E-state index contributed by atoms with van der Waals surface area (Å²) in [6, 6.07) is 6.26. The number of carbonyl (C=O) groups is 1. The molecule has 3 rings (SSSR count). The van der Waals surface area contributed by atoms with Crippen LogP contribution in [0.1, 0.15) is 10.9 Å². The van der Waals surface area contributed by atoms with Gasteiger partial charge in [0.25, 0.3) is 5.69 Å².